The van der Waals surface area contributed by atoms with Gasteiger partial charge in [0.15, 0.2) is 6.61 Å². The van der Waals surface area contributed by atoms with E-state index in [1.807, 2.05) is 24.3 Å². The van der Waals surface area contributed by atoms with E-state index in [9.17, 15) is 18.0 Å². The minimum absolute atomic E-state index is 0.0112. The number of halogens is 4. The summed E-state index contributed by atoms with van der Waals surface area (Å²) in [5.74, 6) is -0.574. The third kappa shape index (κ3) is 5.04. The maximum absolute atomic E-state index is 12.6. The monoisotopic (exact) mass is 450 g/mol. The molecule has 2 heterocycles. The van der Waals surface area contributed by atoms with E-state index in [-0.39, 0.29) is 23.6 Å². The van der Waals surface area contributed by atoms with Crippen molar-refractivity contribution >= 4 is 28.4 Å². The summed E-state index contributed by atoms with van der Waals surface area (Å²) in [5.41, 5.74) is 1.95. The van der Waals surface area contributed by atoms with Gasteiger partial charge in [-0.1, -0.05) is 29.8 Å². The Bertz CT molecular complexity index is 1110. The molecule has 10 heteroatoms. The van der Waals surface area contributed by atoms with Gasteiger partial charge >= 0.3 is 6.18 Å². The van der Waals surface area contributed by atoms with Crippen LogP contribution in [0, 0.1) is 5.92 Å². The molecule has 4 rings (SSSR count). The smallest absolute Gasteiger partial charge is 0.422 e. The number of aromatic nitrogens is 3. The van der Waals surface area contributed by atoms with E-state index in [2.05, 4.69) is 25.0 Å². The molecule has 0 bridgehead atoms. The van der Waals surface area contributed by atoms with Crippen molar-refractivity contribution in [2.24, 2.45) is 5.92 Å². The van der Waals surface area contributed by atoms with Crippen LogP contribution in [0.2, 0.25) is 5.02 Å². The topological polar surface area (TPSA) is 77.0 Å². The average Bonchev–Trinajstić information content (AvgIpc) is 3.53. The van der Waals surface area contributed by atoms with Crippen LogP contribution in [0.3, 0.4) is 0 Å². The van der Waals surface area contributed by atoms with Crippen molar-refractivity contribution in [1.29, 1.82) is 0 Å². The van der Waals surface area contributed by atoms with Gasteiger partial charge in [0, 0.05) is 22.9 Å². The highest BCUT2D eigenvalue weighted by Crippen LogP contribution is 2.47. The van der Waals surface area contributed by atoms with Crippen molar-refractivity contribution in [1.82, 2.24) is 20.3 Å². The highest BCUT2D eigenvalue weighted by Gasteiger charge is 2.45. The van der Waals surface area contributed by atoms with Gasteiger partial charge in [0.05, 0.1) is 34.7 Å². The molecule has 1 N–H and O–H groups in total. The number of hydrogen-bond donors (Lipinski definition) is 1. The van der Waals surface area contributed by atoms with Crippen molar-refractivity contribution < 1.29 is 22.7 Å². The number of nitrogens with zero attached hydrogens (tertiary/aromatic N) is 3. The number of para-hydroxylation sites is 1. The first-order valence-corrected chi connectivity index (χ1v) is 9.96. The second-order valence-corrected chi connectivity index (χ2v) is 7.82. The molecule has 3 atom stereocenters. The van der Waals surface area contributed by atoms with Gasteiger partial charge in [-0.2, -0.15) is 13.2 Å². The predicted molar refractivity (Wildman–Crippen MR) is 108 cm³/mol. The lowest BCUT2D eigenvalue weighted by atomic mass is 10.1. The minimum Gasteiger partial charge on any atom is -0.467 e. The Balaban J connectivity index is 1.35. The number of nitrogens with one attached hydrogen (secondary N) is 1. The quantitative estimate of drug-likeness (QED) is 0.594. The molecule has 1 aliphatic carbocycles. The van der Waals surface area contributed by atoms with E-state index in [0.717, 1.165) is 17.3 Å². The second-order valence-electron chi connectivity index (χ2n) is 7.41. The number of amides is 1. The Morgan fingerprint density at radius 2 is 2.06 bits per heavy atom. The van der Waals surface area contributed by atoms with E-state index >= 15 is 0 Å². The Labute approximate surface area is 180 Å². The number of ether oxygens (including phenoxy) is 1. The van der Waals surface area contributed by atoms with Crippen molar-refractivity contribution in [2.45, 2.75) is 31.5 Å². The van der Waals surface area contributed by atoms with Crippen molar-refractivity contribution in [3.63, 3.8) is 0 Å². The zero-order valence-corrected chi connectivity index (χ0v) is 17.1. The lowest BCUT2D eigenvalue weighted by molar-refractivity contribution is -0.154. The molecule has 1 amide bonds. The van der Waals surface area contributed by atoms with Gasteiger partial charge in [0.2, 0.25) is 11.8 Å². The maximum Gasteiger partial charge on any atom is 0.422 e. The number of benzene rings is 1. The number of carbonyl (C=O) groups excluding carboxylic acids is 1. The second kappa shape index (κ2) is 8.30. The maximum atomic E-state index is 12.6. The lowest BCUT2D eigenvalue weighted by Crippen LogP contribution is -2.29. The van der Waals surface area contributed by atoms with E-state index in [0.29, 0.717) is 22.7 Å². The number of pyridine rings is 1. The Morgan fingerprint density at radius 3 is 2.77 bits per heavy atom. The summed E-state index contributed by atoms with van der Waals surface area (Å²) in [7, 11) is 0. The van der Waals surface area contributed by atoms with Crippen LogP contribution in [0.1, 0.15) is 36.7 Å². The molecular formula is C21H18ClF3N4O2. The van der Waals surface area contributed by atoms with Crippen LogP contribution in [0.5, 0.6) is 5.88 Å². The first kappa shape index (κ1) is 21.3. The molecular weight excluding hydrogens is 433 g/mol. The van der Waals surface area contributed by atoms with Crippen LogP contribution in [-0.4, -0.2) is 33.6 Å². The molecule has 31 heavy (non-hydrogen) atoms. The minimum atomic E-state index is -4.45. The largest absolute Gasteiger partial charge is 0.467 e. The Hall–Kier alpha value is -2.94. The summed E-state index contributed by atoms with van der Waals surface area (Å²) in [4.78, 5) is 25.1. The molecule has 6 nitrogen and oxygen atoms in total. The number of fused-ring (bicyclic) bond motifs is 1. The number of alkyl halides is 3. The standard InChI is InChI=1S/C21H18ClF3N4O2/c1-11(17-8-27-18(9-26-17)31-10-21(23,24)25)28-20(30)14-7-13(14)16-6-5-12-3-2-4-15(22)19(12)29-16/h2-6,8-9,11,13-14H,7,10H2,1H3,(H,28,30)/t11-,13?,14?/m1/s1. The molecule has 1 fully saturated rings. The van der Waals surface area contributed by atoms with Gasteiger partial charge < -0.3 is 10.1 Å². The third-order valence-electron chi connectivity index (χ3n) is 5.03. The zero-order chi connectivity index (χ0) is 22.2. The highest BCUT2D eigenvalue weighted by atomic mass is 35.5. The highest BCUT2D eigenvalue weighted by molar-refractivity contribution is 6.35. The Kier molecular flexibility index (Phi) is 5.70. The molecule has 1 aromatic carbocycles. The van der Waals surface area contributed by atoms with Crippen LogP contribution in [0.4, 0.5) is 13.2 Å². The molecule has 0 spiro atoms. The summed E-state index contributed by atoms with van der Waals surface area (Å²) in [6.45, 7) is 0.286. The third-order valence-corrected chi connectivity index (χ3v) is 5.34. The molecule has 162 valence electrons. The number of rotatable bonds is 6. The average molecular weight is 451 g/mol. The zero-order valence-electron chi connectivity index (χ0n) is 16.4. The Morgan fingerprint density at radius 1 is 1.26 bits per heavy atom. The summed E-state index contributed by atoms with van der Waals surface area (Å²) in [5, 5.41) is 4.37. The molecule has 3 aromatic rings. The van der Waals surface area contributed by atoms with Crippen LogP contribution in [-0.2, 0) is 4.79 Å². The first-order valence-electron chi connectivity index (χ1n) is 9.58. The van der Waals surface area contributed by atoms with Crippen LogP contribution < -0.4 is 10.1 Å². The van der Waals surface area contributed by atoms with Gasteiger partial charge in [0.25, 0.3) is 0 Å². The number of carbonyl (C=O) groups is 1. The molecule has 0 radical (unpaired) electrons. The molecule has 0 saturated heterocycles. The molecule has 1 aliphatic rings. The van der Waals surface area contributed by atoms with Crippen LogP contribution in [0.15, 0.2) is 42.7 Å². The van der Waals surface area contributed by atoms with Gasteiger partial charge in [-0.15, -0.1) is 0 Å². The predicted octanol–water partition coefficient (Wildman–Crippen LogP) is 4.60. The molecule has 2 aromatic heterocycles. The van der Waals surface area contributed by atoms with E-state index in [1.165, 1.54) is 6.20 Å². The van der Waals surface area contributed by atoms with Gasteiger partial charge in [0.1, 0.15) is 0 Å². The first-order chi connectivity index (χ1) is 14.7. The van der Waals surface area contributed by atoms with Crippen molar-refractivity contribution in [2.75, 3.05) is 6.61 Å². The molecule has 0 aliphatic heterocycles. The summed E-state index contributed by atoms with van der Waals surface area (Å²) < 4.78 is 41.1. The van der Waals surface area contributed by atoms with E-state index in [1.54, 1.807) is 13.0 Å². The summed E-state index contributed by atoms with van der Waals surface area (Å²) in [6.07, 6.45) is -1.38. The van der Waals surface area contributed by atoms with Crippen molar-refractivity contribution in [3.8, 4) is 5.88 Å². The van der Waals surface area contributed by atoms with Gasteiger partial charge in [-0.3, -0.25) is 14.8 Å². The fraction of sp³-hybridized carbons (Fsp3) is 0.333. The summed E-state index contributed by atoms with van der Waals surface area (Å²) in [6, 6.07) is 8.95. The molecule has 1 saturated carbocycles. The number of hydrogen-bond acceptors (Lipinski definition) is 5. The SMILES string of the molecule is C[C@@H](NC(=O)C1CC1c1ccc2cccc(Cl)c2n1)c1cnc(OCC(F)(F)F)cn1. The van der Waals surface area contributed by atoms with Crippen LogP contribution >= 0.6 is 11.6 Å². The van der Waals surface area contributed by atoms with Crippen LogP contribution in [0.25, 0.3) is 10.9 Å². The normalized spacial score (nSPS) is 19.1. The molecule has 2 unspecified atom stereocenters. The van der Waals surface area contributed by atoms with Gasteiger partial charge in [-0.25, -0.2) is 4.98 Å². The fourth-order valence-corrected chi connectivity index (χ4v) is 3.54. The fourth-order valence-electron chi connectivity index (χ4n) is 3.32. The van der Waals surface area contributed by atoms with Crippen molar-refractivity contribution in [3.05, 3.63) is 59.1 Å². The summed E-state index contributed by atoms with van der Waals surface area (Å²) >= 11 is 6.22. The van der Waals surface area contributed by atoms with Gasteiger partial charge in [-0.05, 0) is 25.5 Å². The van der Waals surface area contributed by atoms with E-state index in [4.69, 9.17) is 11.6 Å². The lowest BCUT2D eigenvalue weighted by Gasteiger charge is -2.14. The van der Waals surface area contributed by atoms with E-state index < -0.39 is 18.8 Å².